The number of hydrogen-bond donors (Lipinski definition) is 1. The molecule has 1 aromatic heterocycles. The monoisotopic (exact) mass is 372 g/mol. The molecule has 0 bridgehead atoms. The van der Waals surface area contributed by atoms with Crippen molar-refractivity contribution in [2.24, 2.45) is 0 Å². The van der Waals surface area contributed by atoms with Crippen molar-refractivity contribution in [1.82, 2.24) is 4.98 Å². The van der Waals surface area contributed by atoms with Gasteiger partial charge in [0.1, 0.15) is 5.82 Å². The van der Waals surface area contributed by atoms with E-state index in [2.05, 4.69) is 10.3 Å². The van der Waals surface area contributed by atoms with Crippen molar-refractivity contribution in [2.45, 2.75) is 6.92 Å². The summed E-state index contributed by atoms with van der Waals surface area (Å²) in [5, 5.41) is 3.93. The lowest BCUT2D eigenvalue weighted by atomic mass is 10.1. The van der Waals surface area contributed by atoms with Crippen molar-refractivity contribution in [1.29, 1.82) is 0 Å². The Kier molecular flexibility index (Phi) is 5.26. The van der Waals surface area contributed by atoms with Crippen molar-refractivity contribution in [3.8, 4) is 11.3 Å². The Bertz CT molecular complexity index is 918. The Morgan fingerprint density at radius 1 is 1.16 bits per heavy atom. The molecule has 0 saturated heterocycles. The van der Waals surface area contributed by atoms with Crippen molar-refractivity contribution in [2.75, 3.05) is 5.32 Å². The lowest BCUT2D eigenvalue weighted by Crippen LogP contribution is -2.07. The largest absolute Gasteiger partial charge is 0.298 e. The fourth-order valence-electron chi connectivity index (χ4n) is 2.22. The summed E-state index contributed by atoms with van der Waals surface area (Å²) in [4.78, 5) is 17.5. The normalized spacial score (nSPS) is 11.0. The van der Waals surface area contributed by atoms with Crippen LogP contribution in [0.4, 0.5) is 9.52 Å². The minimum absolute atomic E-state index is 0.291. The van der Waals surface area contributed by atoms with Crippen LogP contribution in [0.15, 0.2) is 54.6 Å². The molecule has 2 aromatic carbocycles. The predicted octanol–water partition coefficient (Wildman–Crippen LogP) is 5.56. The molecule has 0 unspecified atom stereocenters. The number of thiazole rings is 1. The van der Waals surface area contributed by atoms with Crippen molar-refractivity contribution in [3.63, 3.8) is 0 Å². The number of amides is 1. The molecule has 0 aliphatic rings. The maximum absolute atomic E-state index is 12.9. The zero-order chi connectivity index (χ0) is 17.8. The molecule has 1 amide bonds. The zero-order valence-electron chi connectivity index (χ0n) is 13.3. The highest BCUT2D eigenvalue weighted by molar-refractivity contribution is 7.16. The van der Waals surface area contributed by atoms with Gasteiger partial charge in [-0.25, -0.2) is 9.37 Å². The summed E-state index contributed by atoms with van der Waals surface area (Å²) in [5.41, 5.74) is 2.51. The minimum Gasteiger partial charge on any atom is -0.298 e. The van der Waals surface area contributed by atoms with Gasteiger partial charge in [0.2, 0.25) is 5.91 Å². The summed E-state index contributed by atoms with van der Waals surface area (Å²) < 4.78 is 12.9. The Balaban J connectivity index is 1.70. The van der Waals surface area contributed by atoms with E-state index in [4.69, 9.17) is 11.6 Å². The summed E-state index contributed by atoms with van der Waals surface area (Å²) in [6, 6.07) is 13.3. The van der Waals surface area contributed by atoms with E-state index in [0.29, 0.717) is 10.2 Å². The number of nitrogens with zero attached hydrogens (tertiary/aromatic N) is 1. The number of rotatable bonds is 4. The lowest BCUT2D eigenvalue weighted by Gasteiger charge is -1.98. The molecule has 1 N–H and O–H groups in total. The first-order chi connectivity index (χ1) is 12.0. The molecule has 3 rings (SSSR count). The quantitative estimate of drug-likeness (QED) is 0.609. The second-order valence-corrected chi connectivity index (χ2v) is 6.94. The zero-order valence-corrected chi connectivity index (χ0v) is 14.9. The molecular weight excluding hydrogens is 359 g/mol. The Labute approximate surface area is 153 Å². The van der Waals surface area contributed by atoms with Gasteiger partial charge in [0.25, 0.3) is 0 Å². The third kappa shape index (κ3) is 4.53. The van der Waals surface area contributed by atoms with Crippen LogP contribution in [-0.4, -0.2) is 10.9 Å². The second-order valence-electron chi connectivity index (χ2n) is 5.30. The smallest absolute Gasteiger partial charge is 0.250 e. The van der Waals surface area contributed by atoms with Crippen LogP contribution >= 0.6 is 22.9 Å². The van der Waals surface area contributed by atoms with Crippen molar-refractivity contribution < 1.29 is 9.18 Å². The number of carbonyl (C=O) groups excluding carboxylic acids is 1. The second kappa shape index (κ2) is 7.59. The van der Waals surface area contributed by atoms with Crippen LogP contribution < -0.4 is 5.32 Å². The van der Waals surface area contributed by atoms with Crippen LogP contribution in [0.3, 0.4) is 0 Å². The van der Waals surface area contributed by atoms with E-state index in [0.717, 1.165) is 21.7 Å². The van der Waals surface area contributed by atoms with E-state index in [1.165, 1.54) is 29.5 Å². The van der Waals surface area contributed by atoms with E-state index in [1.54, 1.807) is 30.3 Å². The molecule has 0 fully saturated rings. The molecule has 3 nitrogen and oxygen atoms in total. The summed E-state index contributed by atoms with van der Waals surface area (Å²) in [5.74, 6) is -0.602. The Morgan fingerprint density at radius 3 is 2.52 bits per heavy atom. The number of hydrogen-bond acceptors (Lipinski definition) is 3. The Hall–Kier alpha value is -2.50. The lowest BCUT2D eigenvalue weighted by molar-refractivity contribution is -0.111. The topological polar surface area (TPSA) is 42.0 Å². The van der Waals surface area contributed by atoms with Gasteiger partial charge in [-0.1, -0.05) is 35.9 Å². The molecular formula is C19H14ClFN2OS. The van der Waals surface area contributed by atoms with Gasteiger partial charge in [-0.3, -0.25) is 10.1 Å². The van der Waals surface area contributed by atoms with Gasteiger partial charge in [-0.05, 0) is 42.8 Å². The van der Waals surface area contributed by atoms with Gasteiger partial charge >= 0.3 is 0 Å². The summed E-state index contributed by atoms with van der Waals surface area (Å²) in [7, 11) is 0. The molecule has 0 saturated carbocycles. The van der Waals surface area contributed by atoms with Crippen LogP contribution in [0.5, 0.6) is 0 Å². The summed E-state index contributed by atoms with van der Waals surface area (Å²) in [6.45, 7) is 1.95. The fraction of sp³-hybridized carbons (Fsp3) is 0.0526. The molecule has 0 atom stereocenters. The number of carbonyl (C=O) groups is 1. The third-order valence-corrected chi connectivity index (χ3v) is 4.58. The van der Waals surface area contributed by atoms with Gasteiger partial charge < -0.3 is 0 Å². The minimum atomic E-state index is -0.311. The van der Waals surface area contributed by atoms with Crippen LogP contribution in [0.1, 0.15) is 10.4 Å². The predicted molar refractivity (Wildman–Crippen MR) is 101 cm³/mol. The first kappa shape index (κ1) is 17.3. The van der Waals surface area contributed by atoms with Gasteiger partial charge in [0.15, 0.2) is 5.13 Å². The molecule has 0 aliphatic carbocycles. The van der Waals surface area contributed by atoms with Crippen molar-refractivity contribution >= 4 is 40.1 Å². The molecule has 0 aliphatic heterocycles. The first-order valence-electron chi connectivity index (χ1n) is 7.49. The number of anilines is 1. The third-order valence-electron chi connectivity index (χ3n) is 3.44. The number of nitrogens with one attached hydrogen (secondary N) is 1. The maximum Gasteiger partial charge on any atom is 0.250 e. The molecule has 1 heterocycles. The highest BCUT2D eigenvalue weighted by Crippen LogP contribution is 2.31. The van der Waals surface area contributed by atoms with E-state index in [-0.39, 0.29) is 11.7 Å². The van der Waals surface area contributed by atoms with E-state index in [9.17, 15) is 9.18 Å². The highest BCUT2D eigenvalue weighted by atomic mass is 35.5. The molecule has 6 heteroatoms. The van der Waals surface area contributed by atoms with E-state index in [1.807, 2.05) is 19.1 Å². The van der Waals surface area contributed by atoms with Gasteiger partial charge in [0, 0.05) is 21.5 Å². The van der Waals surface area contributed by atoms with Crippen LogP contribution in [-0.2, 0) is 4.79 Å². The van der Waals surface area contributed by atoms with Crippen molar-refractivity contribution in [3.05, 3.63) is 75.9 Å². The average Bonchev–Trinajstić information content (AvgIpc) is 2.95. The SMILES string of the molecule is Cc1sc(NC(=O)C=Cc2ccc(F)cc2)nc1-c1ccc(Cl)cc1. The first-order valence-corrected chi connectivity index (χ1v) is 8.69. The number of benzene rings is 2. The van der Waals surface area contributed by atoms with Crippen LogP contribution in [0.2, 0.25) is 5.02 Å². The number of halogens is 2. The number of aryl methyl sites for hydroxylation is 1. The maximum atomic E-state index is 12.9. The summed E-state index contributed by atoms with van der Waals surface area (Å²) in [6.07, 6.45) is 3.02. The average molecular weight is 373 g/mol. The van der Waals surface area contributed by atoms with Crippen LogP contribution in [0.25, 0.3) is 17.3 Å². The fourth-order valence-corrected chi connectivity index (χ4v) is 3.18. The van der Waals surface area contributed by atoms with Gasteiger partial charge in [-0.2, -0.15) is 0 Å². The van der Waals surface area contributed by atoms with Crippen LogP contribution in [0, 0.1) is 12.7 Å². The molecule has 126 valence electrons. The molecule has 0 radical (unpaired) electrons. The number of aromatic nitrogens is 1. The standard InChI is InChI=1S/C19H14ClFN2OS/c1-12-18(14-5-7-15(20)8-6-14)23-19(25-12)22-17(24)11-4-13-2-9-16(21)10-3-13/h2-11H,1H3,(H,22,23,24). The highest BCUT2D eigenvalue weighted by Gasteiger charge is 2.11. The van der Waals surface area contributed by atoms with E-state index >= 15 is 0 Å². The summed E-state index contributed by atoms with van der Waals surface area (Å²) >= 11 is 7.31. The van der Waals surface area contributed by atoms with Gasteiger partial charge in [0.05, 0.1) is 5.69 Å². The molecule has 0 spiro atoms. The molecule has 3 aromatic rings. The van der Waals surface area contributed by atoms with E-state index < -0.39 is 0 Å². The Morgan fingerprint density at radius 2 is 1.84 bits per heavy atom. The molecule has 25 heavy (non-hydrogen) atoms. The van der Waals surface area contributed by atoms with Gasteiger partial charge in [-0.15, -0.1) is 11.3 Å².